The van der Waals surface area contributed by atoms with Gasteiger partial charge in [0.25, 0.3) is 0 Å². The van der Waals surface area contributed by atoms with Crippen molar-refractivity contribution in [2.24, 2.45) is 0 Å². The van der Waals surface area contributed by atoms with Gasteiger partial charge in [-0.2, -0.15) is 0 Å². The fourth-order valence-corrected chi connectivity index (χ4v) is 1.67. The molecule has 0 saturated carbocycles. The minimum Gasteiger partial charge on any atom is -0.466 e. The second-order valence-electron chi connectivity index (χ2n) is 4.14. The van der Waals surface area contributed by atoms with Gasteiger partial charge < -0.3 is 25.8 Å². The maximum atomic E-state index is 11.2. The Morgan fingerprint density at radius 1 is 1.42 bits per heavy atom. The number of aliphatic hydroxyl groups excluding tert-OH is 3. The largest absolute Gasteiger partial charge is 0.466 e. The summed E-state index contributed by atoms with van der Waals surface area (Å²) in [4.78, 5) is 11.2. The lowest BCUT2D eigenvalue weighted by atomic mass is 9.99. The number of hydrogen-bond acceptors (Lipinski definition) is 6. The zero-order chi connectivity index (χ0) is 14.4. The number of aliphatic hydroxyl groups is 3. The number of anilines is 1. The molecule has 0 radical (unpaired) electrons. The van der Waals surface area contributed by atoms with Crippen molar-refractivity contribution >= 4 is 11.7 Å². The van der Waals surface area contributed by atoms with E-state index in [0.29, 0.717) is 16.8 Å². The Bertz CT molecular complexity index is 435. The number of ether oxygens (including phenoxy) is 1. The molecule has 0 bridgehead atoms. The summed E-state index contributed by atoms with van der Waals surface area (Å²) >= 11 is 0. The van der Waals surface area contributed by atoms with Gasteiger partial charge >= 0.3 is 5.97 Å². The Balaban J connectivity index is 2.76. The molecule has 1 aromatic rings. The van der Waals surface area contributed by atoms with Crippen molar-refractivity contribution in [1.82, 2.24) is 0 Å². The van der Waals surface area contributed by atoms with Crippen molar-refractivity contribution in [3.8, 4) is 0 Å². The number of carbonyl (C=O) groups excluding carboxylic acids is 1. The third-order valence-corrected chi connectivity index (χ3v) is 2.72. The van der Waals surface area contributed by atoms with Crippen LogP contribution in [0.15, 0.2) is 18.2 Å². The van der Waals surface area contributed by atoms with Gasteiger partial charge in [-0.15, -0.1) is 0 Å². The second-order valence-corrected chi connectivity index (χ2v) is 4.14. The van der Waals surface area contributed by atoms with Gasteiger partial charge in [-0.3, -0.25) is 4.79 Å². The maximum absolute atomic E-state index is 11.2. The van der Waals surface area contributed by atoms with Gasteiger partial charge in [0, 0.05) is 11.3 Å². The van der Waals surface area contributed by atoms with Gasteiger partial charge in [0.1, 0.15) is 6.10 Å². The Labute approximate surface area is 111 Å². The number of nitrogens with two attached hydrogens (primary N) is 1. The molecule has 0 heterocycles. The van der Waals surface area contributed by atoms with E-state index in [1.807, 2.05) is 0 Å². The molecule has 1 rings (SSSR count). The summed E-state index contributed by atoms with van der Waals surface area (Å²) in [5.41, 5.74) is 6.86. The summed E-state index contributed by atoms with van der Waals surface area (Å²) in [6.07, 6.45) is -2.81. The standard InChI is InChI=1S/C13H19NO5/c1-2-19-12(17)6-11(16)13(18)8-3-4-10(14)9(5-8)7-15/h3-5,11,13,15-16,18H,2,6-7,14H2,1H3. The molecular formula is C13H19NO5. The van der Waals surface area contributed by atoms with Crippen LogP contribution in [-0.2, 0) is 16.1 Å². The highest BCUT2D eigenvalue weighted by Crippen LogP contribution is 2.23. The number of nitrogen functional groups attached to an aromatic ring is 1. The topological polar surface area (TPSA) is 113 Å². The molecule has 0 saturated heterocycles. The Hall–Kier alpha value is -1.63. The van der Waals surface area contributed by atoms with Gasteiger partial charge in [0.15, 0.2) is 0 Å². The van der Waals surface area contributed by atoms with Crippen molar-refractivity contribution in [1.29, 1.82) is 0 Å². The van der Waals surface area contributed by atoms with E-state index in [2.05, 4.69) is 0 Å². The zero-order valence-electron chi connectivity index (χ0n) is 10.7. The SMILES string of the molecule is CCOC(=O)CC(O)C(O)c1ccc(N)c(CO)c1. The Kier molecular flexibility index (Phi) is 5.75. The minimum atomic E-state index is -1.27. The molecule has 5 N–H and O–H groups in total. The van der Waals surface area contributed by atoms with Crippen LogP contribution in [0.2, 0.25) is 0 Å². The quantitative estimate of drug-likeness (QED) is 0.430. The first-order valence-corrected chi connectivity index (χ1v) is 6.00. The van der Waals surface area contributed by atoms with Crippen molar-refractivity contribution < 1.29 is 24.9 Å². The highest BCUT2D eigenvalue weighted by atomic mass is 16.5. The normalized spacial score (nSPS) is 13.9. The Morgan fingerprint density at radius 3 is 2.68 bits per heavy atom. The molecular weight excluding hydrogens is 250 g/mol. The minimum absolute atomic E-state index is 0.220. The monoisotopic (exact) mass is 269 g/mol. The van der Waals surface area contributed by atoms with Crippen molar-refractivity contribution in [3.63, 3.8) is 0 Å². The number of hydrogen-bond donors (Lipinski definition) is 4. The summed E-state index contributed by atoms with van der Waals surface area (Å²) in [6, 6.07) is 4.56. The third-order valence-electron chi connectivity index (χ3n) is 2.72. The summed E-state index contributed by atoms with van der Waals surface area (Å²) in [5, 5.41) is 28.8. The van der Waals surface area contributed by atoms with Crippen LogP contribution in [0, 0.1) is 0 Å². The predicted octanol–water partition coefficient (Wildman–Crippen LogP) is 0.109. The van der Waals surface area contributed by atoms with Crippen LogP contribution in [-0.4, -0.2) is 34.0 Å². The van der Waals surface area contributed by atoms with Gasteiger partial charge in [-0.05, 0) is 24.6 Å². The fourth-order valence-electron chi connectivity index (χ4n) is 1.67. The average molecular weight is 269 g/mol. The molecule has 6 heteroatoms. The highest BCUT2D eigenvalue weighted by molar-refractivity contribution is 5.70. The molecule has 0 fully saturated rings. The molecule has 0 amide bonds. The van der Waals surface area contributed by atoms with Gasteiger partial charge in [0.2, 0.25) is 0 Å². The van der Waals surface area contributed by atoms with E-state index < -0.39 is 18.2 Å². The first kappa shape index (κ1) is 15.4. The van der Waals surface area contributed by atoms with Crippen LogP contribution in [0.3, 0.4) is 0 Å². The molecule has 0 spiro atoms. The molecule has 19 heavy (non-hydrogen) atoms. The van der Waals surface area contributed by atoms with Gasteiger partial charge in [0.05, 0.1) is 25.7 Å². The lowest BCUT2D eigenvalue weighted by Gasteiger charge is -2.18. The zero-order valence-corrected chi connectivity index (χ0v) is 10.7. The molecule has 0 aliphatic rings. The van der Waals surface area contributed by atoms with Crippen LogP contribution in [0.5, 0.6) is 0 Å². The van der Waals surface area contributed by atoms with Crippen molar-refractivity contribution in [2.45, 2.75) is 32.2 Å². The molecule has 2 unspecified atom stereocenters. The molecule has 6 nitrogen and oxygen atoms in total. The van der Waals surface area contributed by atoms with E-state index in [-0.39, 0.29) is 19.6 Å². The van der Waals surface area contributed by atoms with Gasteiger partial charge in [-0.1, -0.05) is 6.07 Å². The van der Waals surface area contributed by atoms with E-state index in [1.54, 1.807) is 6.92 Å². The molecule has 106 valence electrons. The second kappa shape index (κ2) is 7.08. The van der Waals surface area contributed by atoms with Gasteiger partial charge in [-0.25, -0.2) is 0 Å². The molecule has 0 aliphatic carbocycles. The van der Waals surface area contributed by atoms with Crippen LogP contribution in [0.1, 0.15) is 30.6 Å². The summed E-state index contributed by atoms with van der Waals surface area (Å²) < 4.78 is 4.69. The summed E-state index contributed by atoms with van der Waals surface area (Å²) in [7, 11) is 0. The highest BCUT2D eigenvalue weighted by Gasteiger charge is 2.22. The first-order chi connectivity index (χ1) is 8.99. The van der Waals surface area contributed by atoms with Crippen LogP contribution in [0.4, 0.5) is 5.69 Å². The fraction of sp³-hybridized carbons (Fsp3) is 0.462. The van der Waals surface area contributed by atoms with E-state index in [0.717, 1.165) is 0 Å². The number of esters is 1. The number of rotatable bonds is 6. The summed E-state index contributed by atoms with van der Waals surface area (Å²) in [6.45, 7) is 1.62. The molecule has 2 atom stereocenters. The van der Waals surface area contributed by atoms with Crippen LogP contribution in [0.25, 0.3) is 0 Å². The lowest BCUT2D eigenvalue weighted by molar-refractivity contribution is -0.147. The third kappa shape index (κ3) is 4.20. The summed E-state index contributed by atoms with van der Waals surface area (Å²) in [5.74, 6) is -0.577. The smallest absolute Gasteiger partial charge is 0.308 e. The molecule has 0 aromatic heterocycles. The van der Waals surface area contributed by atoms with E-state index in [4.69, 9.17) is 15.6 Å². The predicted molar refractivity (Wildman–Crippen MR) is 69.0 cm³/mol. The molecule has 1 aromatic carbocycles. The van der Waals surface area contributed by atoms with E-state index >= 15 is 0 Å². The van der Waals surface area contributed by atoms with Crippen LogP contribution >= 0.6 is 0 Å². The first-order valence-electron chi connectivity index (χ1n) is 6.00. The Morgan fingerprint density at radius 2 is 2.11 bits per heavy atom. The average Bonchev–Trinajstić information content (AvgIpc) is 2.38. The van der Waals surface area contributed by atoms with Crippen molar-refractivity contribution in [2.75, 3.05) is 12.3 Å². The van der Waals surface area contributed by atoms with Crippen LogP contribution < -0.4 is 5.73 Å². The number of benzene rings is 1. The maximum Gasteiger partial charge on any atom is 0.308 e. The van der Waals surface area contributed by atoms with E-state index in [1.165, 1.54) is 18.2 Å². The molecule has 0 aliphatic heterocycles. The lowest BCUT2D eigenvalue weighted by Crippen LogP contribution is -2.23. The number of carbonyl (C=O) groups is 1. The van der Waals surface area contributed by atoms with Crippen molar-refractivity contribution in [3.05, 3.63) is 29.3 Å². The van der Waals surface area contributed by atoms with E-state index in [9.17, 15) is 15.0 Å².